The van der Waals surface area contributed by atoms with E-state index in [1.807, 2.05) is 0 Å². The molecular formula is C6H8N4O4S. The van der Waals surface area contributed by atoms with Crippen LogP contribution in [-0.2, 0) is 9.59 Å². The Balaban J connectivity index is 2.66. The fourth-order valence-corrected chi connectivity index (χ4v) is 1.38. The smallest absolute Gasteiger partial charge is 0.326 e. The second kappa shape index (κ2) is 4.55. The van der Waals surface area contributed by atoms with Crippen LogP contribution in [0.5, 0.6) is 0 Å². The average molecular weight is 232 g/mol. The van der Waals surface area contributed by atoms with Gasteiger partial charge in [0, 0.05) is 0 Å². The summed E-state index contributed by atoms with van der Waals surface area (Å²) in [5, 5.41) is 26.9. The van der Waals surface area contributed by atoms with Crippen molar-refractivity contribution in [1.82, 2.24) is 10.2 Å². The van der Waals surface area contributed by atoms with Gasteiger partial charge in [0.25, 0.3) is 0 Å². The van der Waals surface area contributed by atoms with Crippen LogP contribution >= 0.6 is 11.3 Å². The van der Waals surface area contributed by atoms with Gasteiger partial charge in [-0.1, -0.05) is 11.3 Å². The lowest BCUT2D eigenvalue weighted by Crippen LogP contribution is -2.31. The molecule has 0 saturated heterocycles. The first-order valence-corrected chi connectivity index (χ1v) is 4.61. The van der Waals surface area contributed by atoms with Crippen LogP contribution in [0.3, 0.4) is 0 Å². The van der Waals surface area contributed by atoms with E-state index < -0.39 is 24.4 Å². The van der Waals surface area contributed by atoms with Gasteiger partial charge in [-0.15, -0.1) is 10.2 Å². The third kappa shape index (κ3) is 3.38. The summed E-state index contributed by atoms with van der Waals surface area (Å²) >= 11 is 0.949. The Kier molecular flexibility index (Phi) is 3.39. The van der Waals surface area contributed by atoms with E-state index in [1.54, 1.807) is 0 Å². The summed E-state index contributed by atoms with van der Waals surface area (Å²) in [6.45, 7) is 0. The second-order valence-corrected chi connectivity index (χ2v) is 3.59. The quantitative estimate of drug-likeness (QED) is 0.530. The molecule has 1 unspecified atom stereocenters. The predicted molar refractivity (Wildman–Crippen MR) is 51.6 cm³/mol. The zero-order valence-corrected chi connectivity index (χ0v) is 8.19. The van der Waals surface area contributed by atoms with Crippen LogP contribution in [0.1, 0.15) is 6.42 Å². The van der Waals surface area contributed by atoms with Gasteiger partial charge in [0.1, 0.15) is 6.04 Å². The maximum absolute atomic E-state index is 10.6. The van der Waals surface area contributed by atoms with Crippen LogP contribution < -0.4 is 11.1 Å². The molecule has 0 fully saturated rings. The molecule has 5 N–H and O–H groups in total. The van der Waals surface area contributed by atoms with Crippen molar-refractivity contribution < 1.29 is 19.8 Å². The molecule has 1 rings (SSSR count). The van der Waals surface area contributed by atoms with E-state index in [2.05, 4.69) is 15.5 Å². The summed E-state index contributed by atoms with van der Waals surface area (Å²) in [5.74, 6) is -2.49. The molecule has 1 atom stereocenters. The molecule has 0 saturated carbocycles. The lowest BCUT2D eigenvalue weighted by Gasteiger charge is -2.09. The lowest BCUT2D eigenvalue weighted by molar-refractivity contribution is -0.144. The summed E-state index contributed by atoms with van der Waals surface area (Å²) in [6.07, 6.45) is -0.547. The van der Waals surface area contributed by atoms with Gasteiger partial charge in [0.2, 0.25) is 10.3 Å². The number of anilines is 2. The minimum Gasteiger partial charge on any atom is -0.481 e. The Morgan fingerprint density at radius 2 is 2.13 bits per heavy atom. The van der Waals surface area contributed by atoms with Gasteiger partial charge >= 0.3 is 11.9 Å². The number of hydrogen-bond acceptors (Lipinski definition) is 7. The van der Waals surface area contributed by atoms with Gasteiger partial charge in [-0.2, -0.15) is 0 Å². The molecule has 0 aliphatic rings. The molecule has 9 heteroatoms. The number of carboxylic acid groups (broad SMARTS) is 2. The van der Waals surface area contributed by atoms with Crippen molar-refractivity contribution in [1.29, 1.82) is 0 Å². The Labute approximate surface area is 87.7 Å². The standard InChI is InChI=1S/C6H8N4O4S/c7-5-9-10-6(15-5)8-2(4(13)14)1-3(11)12/h2H,1H2,(H2,7,9)(H,8,10)(H,11,12)(H,13,14). The molecule has 0 aliphatic carbocycles. The largest absolute Gasteiger partial charge is 0.481 e. The highest BCUT2D eigenvalue weighted by Gasteiger charge is 2.21. The third-order valence-corrected chi connectivity index (χ3v) is 2.10. The van der Waals surface area contributed by atoms with Crippen molar-refractivity contribution in [3.05, 3.63) is 0 Å². The van der Waals surface area contributed by atoms with Crippen LogP contribution in [0.15, 0.2) is 0 Å². The molecule has 15 heavy (non-hydrogen) atoms. The second-order valence-electron chi connectivity index (χ2n) is 2.58. The van der Waals surface area contributed by atoms with Crippen molar-refractivity contribution in [2.45, 2.75) is 12.5 Å². The molecule has 0 aromatic carbocycles. The van der Waals surface area contributed by atoms with Gasteiger partial charge in [0.15, 0.2) is 0 Å². The summed E-state index contributed by atoms with van der Waals surface area (Å²) in [5.41, 5.74) is 5.27. The number of hydrogen-bond donors (Lipinski definition) is 4. The SMILES string of the molecule is Nc1nnc(NC(CC(=O)O)C(=O)O)s1. The number of aliphatic carboxylic acids is 2. The van der Waals surface area contributed by atoms with Crippen LogP contribution in [0, 0.1) is 0 Å². The van der Waals surface area contributed by atoms with Crippen LogP contribution in [0.4, 0.5) is 10.3 Å². The first-order chi connectivity index (χ1) is 6.99. The van der Waals surface area contributed by atoms with Crippen molar-refractivity contribution >= 4 is 33.5 Å². The predicted octanol–water partition coefficient (Wildman–Crippen LogP) is -0.540. The number of nitrogens with two attached hydrogens (primary N) is 1. The number of nitrogen functional groups attached to an aromatic ring is 1. The van der Waals surface area contributed by atoms with Crippen LogP contribution in [-0.4, -0.2) is 38.4 Å². The Hall–Kier alpha value is -1.90. The summed E-state index contributed by atoms with van der Waals surface area (Å²) in [6, 6.07) is -1.24. The first-order valence-electron chi connectivity index (χ1n) is 3.79. The highest BCUT2D eigenvalue weighted by Crippen LogP contribution is 2.17. The topological polar surface area (TPSA) is 138 Å². The average Bonchev–Trinajstić information content (AvgIpc) is 2.49. The van der Waals surface area contributed by atoms with Gasteiger partial charge in [-0.05, 0) is 0 Å². The normalized spacial score (nSPS) is 12.0. The van der Waals surface area contributed by atoms with E-state index in [-0.39, 0.29) is 10.3 Å². The number of nitrogens with one attached hydrogen (secondary N) is 1. The van der Waals surface area contributed by atoms with Crippen molar-refractivity contribution in [2.24, 2.45) is 0 Å². The maximum Gasteiger partial charge on any atom is 0.326 e. The maximum atomic E-state index is 10.6. The van der Waals surface area contributed by atoms with E-state index in [1.165, 1.54) is 0 Å². The monoisotopic (exact) mass is 232 g/mol. The van der Waals surface area contributed by atoms with Gasteiger partial charge < -0.3 is 21.3 Å². The van der Waals surface area contributed by atoms with E-state index in [0.29, 0.717) is 0 Å². The number of carboxylic acids is 2. The molecule has 8 nitrogen and oxygen atoms in total. The minimum atomic E-state index is -1.27. The molecule has 1 heterocycles. The van der Waals surface area contributed by atoms with Crippen molar-refractivity contribution in [2.75, 3.05) is 11.1 Å². The van der Waals surface area contributed by atoms with Crippen molar-refractivity contribution in [3.63, 3.8) is 0 Å². The zero-order valence-electron chi connectivity index (χ0n) is 7.38. The Morgan fingerprint density at radius 1 is 1.47 bits per heavy atom. The molecule has 0 bridgehead atoms. The Morgan fingerprint density at radius 3 is 2.53 bits per heavy atom. The van der Waals surface area contributed by atoms with Crippen LogP contribution in [0.2, 0.25) is 0 Å². The van der Waals surface area contributed by atoms with E-state index in [4.69, 9.17) is 15.9 Å². The van der Waals surface area contributed by atoms with Gasteiger partial charge in [-0.3, -0.25) is 4.79 Å². The minimum absolute atomic E-state index is 0.178. The molecule has 0 spiro atoms. The molecule has 1 aromatic heterocycles. The highest BCUT2D eigenvalue weighted by atomic mass is 32.1. The molecule has 0 radical (unpaired) electrons. The molecule has 1 aromatic rings. The van der Waals surface area contributed by atoms with E-state index in [0.717, 1.165) is 11.3 Å². The number of carbonyl (C=O) groups is 2. The Bertz CT molecular complexity index is 379. The molecule has 0 aliphatic heterocycles. The third-order valence-electron chi connectivity index (χ3n) is 1.42. The molecule has 82 valence electrons. The fraction of sp³-hybridized carbons (Fsp3) is 0.333. The highest BCUT2D eigenvalue weighted by molar-refractivity contribution is 7.18. The fourth-order valence-electron chi connectivity index (χ4n) is 0.817. The van der Waals surface area contributed by atoms with E-state index in [9.17, 15) is 9.59 Å². The zero-order chi connectivity index (χ0) is 11.4. The van der Waals surface area contributed by atoms with Gasteiger partial charge in [0.05, 0.1) is 6.42 Å². The number of nitrogens with zero attached hydrogens (tertiary/aromatic N) is 2. The molecular weight excluding hydrogens is 224 g/mol. The summed E-state index contributed by atoms with van der Waals surface area (Å²) in [4.78, 5) is 21.0. The lowest BCUT2D eigenvalue weighted by atomic mass is 10.2. The summed E-state index contributed by atoms with van der Waals surface area (Å²) < 4.78 is 0. The van der Waals surface area contributed by atoms with E-state index >= 15 is 0 Å². The number of rotatable bonds is 5. The van der Waals surface area contributed by atoms with Crippen molar-refractivity contribution in [3.8, 4) is 0 Å². The van der Waals surface area contributed by atoms with Gasteiger partial charge in [-0.25, -0.2) is 4.79 Å². The summed E-state index contributed by atoms with van der Waals surface area (Å²) in [7, 11) is 0. The van der Waals surface area contributed by atoms with Crippen LogP contribution in [0.25, 0.3) is 0 Å². The number of aromatic nitrogens is 2. The molecule has 0 amide bonds. The first kappa shape index (κ1) is 11.2.